The van der Waals surface area contributed by atoms with Crippen LogP contribution in [-0.4, -0.2) is 42.7 Å². The van der Waals surface area contributed by atoms with Crippen LogP contribution in [0.1, 0.15) is 11.6 Å². The van der Waals surface area contributed by atoms with E-state index >= 15 is 0 Å². The average Bonchev–Trinajstić information content (AvgIpc) is 2.64. The molecule has 1 atom stereocenters. The Morgan fingerprint density at radius 2 is 1.96 bits per heavy atom. The fourth-order valence-corrected chi connectivity index (χ4v) is 3.38. The van der Waals surface area contributed by atoms with E-state index in [4.69, 9.17) is 16.3 Å². The predicted octanol–water partition coefficient (Wildman–Crippen LogP) is 3.87. The van der Waals surface area contributed by atoms with Gasteiger partial charge in [0.25, 0.3) is 0 Å². The minimum atomic E-state index is -0.860. The van der Waals surface area contributed by atoms with Gasteiger partial charge >= 0.3 is 5.69 Å². The molecule has 1 saturated heterocycles. The Labute approximate surface area is 155 Å². The Hall–Kier alpha value is -2.22. The van der Waals surface area contributed by atoms with E-state index in [9.17, 15) is 14.5 Å². The zero-order valence-corrected chi connectivity index (χ0v) is 14.8. The Balaban J connectivity index is 1.86. The van der Waals surface area contributed by atoms with Crippen molar-refractivity contribution in [2.24, 2.45) is 0 Å². The zero-order chi connectivity index (χ0) is 18.5. The molecule has 3 rings (SSSR count). The SMILES string of the molecule is O=[N+]([O-])c1c(F)cccc1NCC(c1ccccc1Cl)N1CCOCC1. The van der Waals surface area contributed by atoms with Crippen molar-refractivity contribution in [2.45, 2.75) is 6.04 Å². The third kappa shape index (κ3) is 4.12. The minimum Gasteiger partial charge on any atom is -0.379 e. The summed E-state index contributed by atoms with van der Waals surface area (Å²) in [6.07, 6.45) is 0. The van der Waals surface area contributed by atoms with Gasteiger partial charge in [0.15, 0.2) is 0 Å². The highest BCUT2D eigenvalue weighted by atomic mass is 35.5. The van der Waals surface area contributed by atoms with E-state index in [1.54, 1.807) is 0 Å². The van der Waals surface area contributed by atoms with Gasteiger partial charge in [-0.3, -0.25) is 15.0 Å². The lowest BCUT2D eigenvalue weighted by molar-refractivity contribution is -0.386. The zero-order valence-electron chi connectivity index (χ0n) is 14.0. The molecule has 0 aromatic heterocycles. The number of nitro groups is 1. The van der Waals surface area contributed by atoms with E-state index in [1.165, 1.54) is 12.1 Å². The molecule has 0 aliphatic carbocycles. The highest BCUT2D eigenvalue weighted by molar-refractivity contribution is 6.31. The van der Waals surface area contributed by atoms with Gasteiger partial charge in [0.2, 0.25) is 5.82 Å². The highest BCUT2D eigenvalue weighted by Gasteiger charge is 2.26. The van der Waals surface area contributed by atoms with E-state index in [0.29, 0.717) is 24.8 Å². The summed E-state index contributed by atoms with van der Waals surface area (Å²) >= 11 is 6.37. The maximum Gasteiger partial charge on any atom is 0.327 e. The molecular weight excluding hydrogens is 361 g/mol. The van der Waals surface area contributed by atoms with E-state index in [-0.39, 0.29) is 11.7 Å². The van der Waals surface area contributed by atoms with Crippen LogP contribution in [0.3, 0.4) is 0 Å². The van der Waals surface area contributed by atoms with Gasteiger partial charge in [-0.05, 0) is 23.8 Å². The fourth-order valence-electron chi connectivity index (χ4n) is 3.12. The number of nitrogens with one attached hydrogen (secondary N) is 1. The van der Waals surface area contributed by atoms with Gasteiger partial charge in [-0.1, -0.05) is 35.9 Å². The Morgan fingerprint density at radius 1 is 1.23 bits per heavy atom. The number of hydrogen-bond acceptors (Lipinski definition) is 5. The van der Waals surface area contributed by atoms with Crippen molar-refractivity contribution in [2.75, 3.05) is 38.2 Å². The van der Waals surface area contributed by atoms with E-state index in [0.717, 1.165) is 24.7 Å². The van der Waals surface area contributed by atoms with Crippen LogP contribution < -0.4 is 5.32 Å². The van der Waals surface area contributed by atoms with Gasteiger partial charge in [-0.2, -0.15) is 4.39 Å². The summed E-state index contributed by atoms with van der Waals surface area (Å²) in [4.78, 5) is 12.7. The van der Waals surface area contributed by atoms with E-state index in [1.807, 2.05) is 24.3 Å². The van der Waals surface area contributed by atoms with E-state index in [2.05, 4.69) is 10.2 Å². The fraction of sp³-hybridized carbons (Fsp3) is 0.333. The molecule has 6 nitrogen and oxygen atoms in total. The van der Waals surface area contributed by atoms with Crippen LogP contribution in [0.15, 0.2) is 42.5 Å². The first-order valence-corrected chi connectivity index (χ1v) is 8.68. The van der Waals surface area contributed by atoms with Gasteiger partial charge in [0.05, 0.1) is 24.2 Å². The molecule has 1 heterocycles. The summed E-state index contributed by atoms with van der Waals surface area (Å²) in [5.74, 6) is -0.860. The first kappa shape index (κ1) is 18.6. The summed E-state index contributed by atoms with van der Waals surface area (Å²) in [5.41, 5.74) is 0.523. The molecule has 8 heteroatoms. The summed E-state index contributed by atoms with van der Waals surface area (Å²) in [7, 11) is 0. The molecule has 0 amide bonds. The molecule has 0 spiro atoms. The van der Waals surface area contributed by atoms with Gasteiger partial charge in [-0.15, -0.1) is 0 Å². The Bertz CT molecular complexity index is 784. The predicted molar refractivity (Wildman–Crippen MR) is 98.1 cm³/mol. The van der Waals surface area contributed by atoms with Crippen molar-refractivity contribution in [1.29, 1.82) is 0 Å². The van der Waals surface area contributed by atoms with Crippen molar-refractivity contribution in [3.8, 4) is 0 Å². The number of nitrogens with zero attached hydrogens (tertiary/aromatic N) is 2. The summed E-state index contributed by atoms with van der Waals surface area (Å²) < 4.78 is 19.2. The summed E-state index contributed by atoms with van der Waals surface area (Å²) in [6.45, 7) is 3.03. The number of benzene rings is 2. The van der Waals surface area contributed by atoms with Gasteiger partial charge < -0.3 is 10.1 Å². The van der Waals surface area contributed by atoms with Gasteiger partial charge in [0, 0.05) is 24.7 Å². The monoisotopic (exact) mass is 379 g/mol. The second-order valence-electron chi connectivity index (χ2n) is 5.96. The van der Waals surface area contributed by atoms with Crippen LogP contribution in [-0.2, 0) is 4.74 Å². The van der Waals surface area contributed by atoms with Crippen molar-refractivity contribution in [3.05, 3.63) is 69.0 Å². The van der Waals surface area contributed by atoms with Crippen LogP contribution in [0, 0.1) is 15.9 Å². The van der Waals surface area contributed by atoms with Crippen molar-refractivity contribution in [1.82, 2.24) is 4.90 Å². The molecule has 1 aliphatic heterocycles. The molecule has 1 aliphatic rings. The van der Waals surface area contributed by atoms with Crippen LogP contribution in [0.2, 0.25) is 5.02 Å². The third-order valence-corrected chi connectivity index (χ3v) is 4.75. The molecule has 1 fully saturated rings. The number of halogens is 2. The van der Waals surface area contributed by atoms with Crippen LogP contribution in [0.5, 0.6) is 0 Å². The quantitative estimate of drug-likeness (QED) is 0.609. The molecule has 138 valence electrons. The molecule has 0 saturated carbocycles. The molecule has 1 N–H and O–H groups in total. The summed E-state index contributed by atoms with van der Waals surface area (Å²) in [5, 5.41) is 14.9. The van der Waals surface area contributed by atoms with Crippen molar-refractivity contribution < 1.29 is 14.1 Å². The lowest BCUT2D eigenvalue weighted by atomic mass is 10.0. The second-order valence-corrected chi connectivity index (χ2v) is 6.37. The largest absolute Gasteiger partial charge is 0.379 e. The van der Waals surface area contributed by atoms with Crippen molar-refractivity contribution >= 4 is 23.0 Å². The molecule has 2 aromatic carbocycles. The number of morpholine rings is 1. The highest BCUT2D eigenvalue weighted by Crippen LogP contribution is 2.31. The first-order valence-electron chi connectivity index (χ1n) is 8.31. The summed E-state index contributed by atoms with van der Waals surface area (Å²) in [6, 6.07) is 11.4. The molecule has 0 bridgehead atoms. The van der Waals surface area contributed by atoms with Crippen LogP contribution >= 0.6 is 11.6 Å². The molecule has 1 unspecified atom stereocenters. The van der Waals surface area contributed by atoms with Gasteiger partial charge in [-0.25, -0.2) is 0 Å². The maximum atomic E-state index is 13.8. The third-order valence-electron chi connectivity index (χ3n) is 4.41. The normalized spacial score (nSPS) is 16.2. The minimum absolute atomic E-state index is 0.115. The lowest BCUT2D eigenvalue weighted by Gasteiger charge is -2.35. The number of para-hydroxylation sites is 1. The molecule has 0 radical (unpaired) electrons. The molecule has 2 aromatic rings. The maximum absolute atomic E-state index is 13.8. The smallest absolute Gasteiger partial charge is 0.327 e. The lowest BCUT2D eigenvalue weighted by Crippen LogP contribution is -2.41. The van der Waals surface area contributed by atoms with Gasteiger partial charge in [0.1, 0.15) is 5.69 Å². The molecule has 26 heavy (non-hydrogen) atoms. The van der Waals surface area contributed by atoms with Crippen LogP contribution in [0.25, 0.3) is 0 Å². The number of rotatable bonds is 6. The first-order chi connectivity index (χ1) is 12.6. The second kappa shape index (κ2) is 8.44. The van der Waals surface area contributed by atoms with E-state index < -0.39 is 16.4 Å². The topological polar surface area (TPSA) is 67.6 Å². The number of nitro benzene ring substituents is 1. The number of ether oxygens (including phenoxy) is 1. The number of anilines is 1. The van der Waals surface area contributed by atoms with Crippen LogP contribution in [0.4, 0.5) is 15.8 Å². The van der Waals surface area contributed by atoms with Crippen molar-refractivity contribution in [3.63, 3.8) is 0 Å². The Morgan fingerprint density at radius 3 is 2.65 bits per heavy atom. The molecular formula is C18H19ClFN3O3. The average molecular weight is 380 g/mol. The standard InChI is InChI=1S/C18H19ClFN3O3/c19-14-5-2-1-4-13(14)17(22-8-10-26-11-9-22)12-21-16-7-3-6-15(20)18(16)23(24)25/h1-7,17,21H,8-12H2. The Kier molecular flexibility index (Phi) is 6.03. The number of hydrogen-bond donors (Lipinski definition) is 1.